The summed E-state index contributed by atoms with van der Waals surface area (Å²) in [4.78, 5) is 39.4. The predicted molar refractivity (Wildman–Crippen MR) is 118 cm³/mol. The summed E-state index contributed by atoms with van der Waals surface area (Å²) in [5, 5.41) is 0. The molecule has 10 heteroatoms. The number of aromatic nitrogens is 1. The van der Waals surface area contributed by atoms with E-state index in [1.165, 1.54) is 44.7 Å². The Bertz CT molecular complexity index is 1050. The minimum absolute atomic E-state index is 0.259. The first kappa shape index (κ1) is 24.5. The predicted octanol–water partition coefficient (Wildman–Crippen LogP) is 3.44. The van der Waals surface area contributed by atoms with E-state index < -0.39 is 41.7 Å². The van der Waals surface area contributed by atoms with E-state index in [1.54, 1.807) is 31.3 Å². The molecule has 1 saturated heterocycles. The van der Waals surface area contributed by atoms with Crippen molar-refractivity contribution in [3.8, 4) is 17.0 Å². The summed E-state index contributed by atoms with van der Waals surface area (Å²) in [7, 11) is 0. The number of benzene rings is 1. The molecule has 3 rings (SSSR count). The smallest absolute Gasteiger partial charge is 0.303 e. The first-order valence-electron chi connectivity index (χ1n) is 10.2. The second kappa shape index (κ2) is 10.7. The molecular weight excluding hydrogens is 453 g/mol. The van der Waals surface area contributed by atoms with Crippen LogP contribution in [-0.4, -0.2) is 52.4 Å². The van der Waals surface area contributed by atoms with E-state index in [1.807, 2.05) is 0 Å². The van der Waals surface area contributed by atoms with Crippen LogP contribution in [0.15, 0.2) is 36.5 Å². The minimum atomic E-state index is -1.04. The van der Waals surface area contributed by atoms with E-state index in [9.17, 15) is 18.8 Å². The van der Waals surface area contributed by atoms with Gasteiger partial charge in [-0.25, -0.2) is 4.39 Å². The topological polar surface area (TPSA) is 101 Å². The van der Waals surface area contributed by atoms with Crippen molar-refractivity contribution in [1.29, 1.82) is 0 Å². The first-order valence-corrected chi connectivity index (χ1v) is 11.2. The molecule has 1 fully saturated rings. The van der Waals surface area contributed by atoms with E-state index in [2.05, 4.69) is 4.98 Å². The zero-order valence-electron chi connectivity index (χ0n) is 18.6. The fourth-order valence-corrected chi connectivity index (χ4v) is 4.71. The number of aryl methyl sites for hydroxylation is 1. The molecule has 1 aliphatic rings. The summed E-state index contributed by atoms with van der Waals surface area (Å²) in [6.45, 7) is 5.46. The summed E-state index contributed by atoms with van der Waals surface area (Å²) in [6, 6.07) is 7.72. The van der Waals surface area contributed by atoms with Gasteiger partial charge in [0.25, 0.3) is 0 Å². The number of pyridine rings is 1. The number of rotatable bonds is 6. The Hall–Kier alpha value is -3.14. The second-order valence-corrected chi connectivity index (χ2v) is 8.58. The van der Waals surface area contributed by atoms with Gasteiger partial charge < -0.3 is 18.9 Å². The lowest BCUT2D eigenvalue weighted by Gasteiger charge is -2.39. The molecule has 1 aliphatic heterocycles. The molecular formula is C23H24FNO7S. The van der Waals surface area contributed by atoms with Crippen molar-refractivity contribution in [2.75, 3.05) is 5.75 Å². The van der Waals surface area contributed by atoms with Crippen molar-refractivity contribution >= 4 is 29.7 Å². The normalized spacial score (nSPS) is 22.2. The van der Waals surface area contributed by atoms with E-state index in [4.69, 9.17) is 18.9 Å². The average Bonchev–Trinajstić information content (AvgIpc) is 2.71. The van der Waals surface area contributed by atoms with Crippen LogP contribution in [0.2, 0.25) is 0 Å². The van der Waals surface area contributed by atoms with Crippen molar-refractivity contribution in [3.63, 3.8) is 0 Å². The third-order valence-corrected chi connectivity index (χ3v) is 5.97. The van der Waals surface area contributed by atoms with Crippen LogP contribution in [0.1, 0.15) is 26.3 Å². The van der Waals surface area contributed by atoms with Crippen molar-refractivity contribution in [2.45, 2.75) is 51.4 Å². The van der Waals surface area contributed by atoms with Gasteiger partial charge in [0.05, 0.1) is 5.69 Å². The zero-order valence-corrected chi connectivity index (χ0v) is 19.4. The molecule has 0 spiro atoms. The maximum absolute atomic E-state index is 13.5. The molecule has 0 radical (unpaired) electrons. The van der Waals surface area contributed by atoms with Crippen LogP contribution in [0, 0.1) is 12.7 Å². The summed E-state index contributed by atoms with van der Waals surface area (Å²) < 4.78 is 35.7. The van der Waals surface area contributed by atoms with Gasteiger partial charge in [-0.05, 0) is 36.8 Å². The first-order chi connectivity index (χ1) is 15.6. The summed E-state index contributed by atoms with van der Waals surface area (Å²) in [5.74, 6) is -1.43. The molecule has 1 aromatic carbocycles. The molecule has 2 aromatic rings. The highest BCUT2D eigenvalue weighted by Crippen LogP contribution is 2.35. The molecule has 176 valence electrons. The molecule has 0 bridgehead atoms. The van der Waals surface area contributed by atoms with Gasteiger partial charge in [-0.2, -0.15) is 0 Å². The molecule has 8 nitrogen and oxygen atoms in total. The van der Waals surface area contributed by atoms with Crippen LogP contribution in [0.25, 0.3) is 11.3 Å². The standard InChI is InChI=1S/C23H24FNO7S/c1-12-9-16(24)5-6-18(12)19-10-17(7-8-25-19)32-23-22(31-15(4)28)21(30-14(3)27)20(11-33-23)29-13(2)26/h5-10,20-23H,11H2,1-4H3/t20-,21+,22-,23+/m1/s1. The number of halogens is 1. The summed E-state index contributed by atoms with van der Waals surface area (Å²) in [6.07, 6.45) is -1.33. The van der Waals surface area contributed by atoms with E-state index in [-0.39, 0.29) is 11.6 Å². The van der Waals surface area contributed by atoms with Crippen molar-refractivity contribution in [3.05, 3.63) is 47.9 Å². The summed E-state index contributed by atoms with van der Waals surface area (Å²) in [5.41, 5.74) is 1.27. The molecule has 0 unspecified atom stereocenters. The van der Waals surface area contributed by atoms with Gasteiger partial charge in [-0.3, -0.25) is 19.4 Å². The molecule has 0 saturated carbocycles. The van der Waals surface area contributed by atoms with Crippen LogP contribution in [0.3, 0.4) is 0 Å². The number of ether oxygens (including phenoxy) is 4. The van der Waals surface area contributed by atoms with Crippen LogP contribution in [-0.2, 0) is 28.6 Å². The Kier molecular flexibility index (Phi) is 7.91. The minimum Gasteiger partial charge on any atom is -0.476 e. The maximum Gasteiger partial charge on any atom is 0.303 e. The van der Waals surface area contributed by atoms with Gasteiger partial charge in [-0.1, -0.05) is 0 Å². The number of hydrogen-bond acceptors (Lipinski definition) is 9. The van der Waals surface area contributed by atoms with E-state index >= 15 is 0 Å². The van der Waals surface area contributed by atoms with Crippen molar-refractivity contribution < 1.29 is 37.7 Å². The SMILES string of the molecule is CC(=O)O[C@@H]1[C@@H](OC(C)=O)[C@@H](Oc2ccnc(-c3ccc(F)cc3C)c2)SC[C@H]1OC(C)=O. The molecule has 4 atom stereocenters. The van der Waals surface area contributed by atoms with Gasteiger partial charge in [0, 0.05) is 44.4 Å². The van der Waals surface area contributed by atoms with E-state index in [0.717, 1.165) is 5.56 Å². The Labute approximate surface area is 194 Å². The van der Waals surface area contributed by atoms with E-state index in [0.29, 0.717) is 17.0 Å². The average molecular weight is 478 g/mol. The fourth-order valence-electron chi connectivity index (χ4n) is 3.49. The number of hydrogen-bond donors (Lipinski definition) is 0. The molecule has 33 heavy (non-hydrogen) atoms. The van der Waals surface area contributed by atoms with Crippen LogP contribution in [0.4, 0.5) is 4.39 Å². The highest BCUT2D eigenvalue weighted by molar-refractivity contribution is 7.99. The van der Waals surface area contributed by atoms with Crippen LogP contribution >= 0.6 is 11.8 Å². The zero-order chi connectivity index (χ0) is 24.1. The Morgan fingerprint density at radius 2 is 1.64 bits per heavy atom. The largest absolute Gasteiger partial charge is 0.476 e. The van der Waals surface area contributed by atoms with Gasteiger partial charge >= 0.3 is 17.9 Å². The lowest BCUT2D eigenvalue weighted by Crippen LogP contribution is -2.55. The molecule has 0 N–H and O–H groups in total. The molecule has 0 aliphatic carbocycles. The number of carbonyl (C=O) groups is 3. The number of nitrogens with zero attached hydrogens (tertiary/aromatic N) is 1. The van der Waals surface area contributed by atoms with Gasteiger partial charge in [0.1, 0.15) is 11.6 Å². The summed E-state index contributed by atoms with van der Waals surface area (Å²) >= 11 is 1.26. The number of esters is 3. The maximum atomic E-state index is 13.5. The monoisotopic (exact) mass is 477 g/mol. The number of thioether (sulfide) groups is 1. The van der Waals surface area contributed by atoms with Crippen LogP contribution < -0.4 is 4.74 Å². The Morgan fingerprint density at radius 3 is 2.27 bits per heavy atom. The highest BCUT2D eigenvalue weighted by Gasteiger charge is 2.47. The fraction of sp³-hybridized carbons (Fsp3) is 0.391. The van der Waals surface area contributed by atoms with Crippen LogP contribution in [0.5, 0.6) is 5.75 Å². The van der Waals surface area contributed by atoms with Crippen molar-refractivity contribution in [1.82, 2.24) is 4.98 Å². The van der Waals surface area contributed by atoms with Gasteiger partial charge in [0.15, 0.2) is 23.7 Å². The molecule has 1 aromatic heterocycles. The lowest BCUT2D eigenvalue weighted by molar-refractivity contribution is -0.186. The second-order valence-electron chi connectivity index (χ2n) is 7.45. The van der Waals surface area contributed by atoms with Gasteiger partial charge in [0.2, 0.25) is 0 Å². The Morgan fingerprint density at radius 1 is 0.970 bits per heavy atom. The third-order valence-electron chi connectivity index (χ3n) is 4.75. The molecule has 0 amide bonds. The van der Waals surface area contributed by atoms with Crippen molar-refractivity contribution in [2.24, 2.45) is 0 Å². The quantitative estimate of drug-likeness (QED) is 0.457. The lowest BCUT2D eigenvalue weighted by atomic mass is 10.0. The van der Waals surface area contributed by atoms with Gasteiger partial charge in [-0.15, -0.1) is 11.8 Å². The highest BCUT2D eigenvalue weighted by atomic mass is 32.2. The number of carbonyl (C=O) groups excluding carboxylic acids is 3. The molecule has 2 heterocycles. The third kappa shape index (κ3) is 6.44. The Balaban J connectivity index is 1.88.